The molecule has 0 heterocycles. The lowest BCUT2D eigenvalue weighted by Crippen LogP contribution is -2.03. The van der Waals surface area contributed by atoms with Gasteiger partial charge in [0.25, 0.3) is 0 Å². The quantitative estimate of drug-likeness (QED) is 0.761. The van der Waals surface area contributed by atoms with E-state index in [9.17, 15) is 0 Å². The molecule has 0 radical (unpaired) electrons. The summed E-state index contributed by atoms with van der Waals surface area (Å²) in [6, 6.07) is 19.4. The highest BCUT2D eigenvalue weighted by Gasteiger charge is 1.97. The third-order valence-corrected chi connectivity index (χ3v) is 3.24. The van der Waals surface area contributed by atoms with Crippen molar-refractivity contribution in [2.75, 3.05) is 13.2 Å². The van der Waals surface area contributed by atoms with Crippen LogP contribution in [0.15, 0.2) is 48.5 Å². The van der Waals surface area contributed by atoms with Gasteiger partial charge in [-0.15, -0.1) is 0 Å². The maximum atomic E-state index is 8.72. The van der Waals surface area contributed by atoms with Crippen LogP contribution in [0.25, 0.3) is 0 Å². The second-order valence-corrected chi connectivity index (χ2v) is 4.73. The SMILES string of the molecule is N#Cc1ccc(CCOCCc2ccc(C#N)cc2)cc1. The van der Waals surface area contributed by atoms with Crippen molar-refractivity contribution >= 4 is 0 Å². The highest BCUT2D eigenvalue weighted by Crippen LogP contribution is 2.06. The molecule has 0 spiro atoms. The molecule has 21 heavy (non-hydrogen) atoms. The molecule has 0 atom stereocenters. The van der Waals surface area contributed by atoms with Crippen LogP contribution in [0.2, 0.25) is 0 Å². The van der Waals surface area contributed by atoms with Crippen LogP contribution in [0.1, 0.15) is 22.3 Å². The Labute approximate surface area is 125 Å². The molecule has 0 unspecified atom stereocenters. The van der Waals surface area contributed by atoms with E-state index in [4.69, 9.17) is 15.3 Å². The molecule has 3 nitrogen and oxygen atoms in total. The van der Waals surface area contributed by atoms with Gasteiger partial charge in [0.1, 0.15) is 0 Å². The Bertz CT molecular complexity index is 586. The number of hydrogen-bond donors (Lipinski definition) is 0. The van der Waals surface area contributed by atoms with Crippen LogP contribution in [-0.2, 0) is 17.6 Å². The zero-order valence-electron chi connectivity index (χ0n) is 11.7. The monoisotopic (exact) mass is 276 g/mol. The molecule has 0 aromatic heterocycles. The van der Waals surface area contributed by atoms with Crippen LogP contribution in [0.3, 0.4) is 0 Å². The molecule has 0 bridgehead atoms. The Morgan fingerprint density at radius 3 is 1.38 bits per heavy atom. The summed E-state index contributed by atoms with van der Waals surface area (Å²) in [6.45, 7) is 1.34. The maximum absolute atomic E-state index is 8.72. The van der Waals surface area contributed by atoms with Crippen molar-refractivity contribution in [2.24, 2.45) is 0 Å². The standard InChI is InChI=1S/C18H16N2O/c19-13-17-5-1-15(2-6-17)9-11-21-12-10-16-3-7-18(14-20)8-4-16/h1-8H,9-12H2. The smallest absolute Gasteiger partial charge is 0.0991 e. The van der Waals surface area contributed by atoms with Crippen LogP contribution in [0.4, 0.5) is 0 Å². The number of nitrogens with zero attached hydrogens (tertiary/aromatic N) is 2. The topological polar surface area (TPSA) is 56.8 Å². The molecule has 104 valence electrons. The molecule has 2 aromatic rings. The van der Waals surface area contributed by atoms with Gasteiger partial charge >= 0.3 is 0 Å². The summed E-state index contributed by atoms with van der Waals surface area (Å²) in [5.41, 5.74) is 3.71. The van der Waals surface area contributed by atoms with Gasteiger partial charge in [-0.3, -0.25) is 0 Å². The van der Waals surface area contributed by atoms with E-state index in [1.165, 1.54) is 11.1 Å². The van der Waals surface area contributed by atoms with Gasteiger partial charge in [-0.25, -0.2) is 0 Å². The van der Waals surface area contributed by atoms with Gasteiger partial charge in [-0.2, -0.15) is 10.5 Å². The first-order chi connectivity index (χ1) is 10.3. The minimum absolute atomic E-state index is 0.669. The summed E-state index contributed by atoms with van der Waals surface area (Å²) in [6.07, 6.45) is 1.69. The Hall–Kier alpha value is -2.62. The number of ether oxygens (including phenoxy) is 1. The van der Waals surface area contributed by atoms with E-state index in [1.807, 2.05) is 48.5 Å². The molecule has 0 amide bonds. The van der Waals surface area contributed by atoms with E-state index in [0.717, 1.165) is 12.8 Å². The Morgan fingerprint density at radius 2 is 1.05 bits per heavy atom. The predicted octanol–water partition coefficient (Wildman–Crippen LogP) is 3.23. The number of rotatable bonds is 6. The summed E-state index contributed by atoms with van der Waals surface area (Å²) < 4.78 is 5.62. The van der Waals surface area contributed by atoms with Gasteiger partial charge in [-0.1, -0.05) is 24.3 Å². The molecule has 0 saturated carbocycles. The largest absolute Gasteiger partial charge is 0.381 e. The lowest BCUT2D eigenvalue weighted by atomic mass is 10.1. The van der Waals surface area contributed by atoms with Crippen LogP contribution < -0.4 is 0 Å². The minimum Gasteiger partial charge on any atom is -0.381 e. The van der Waals surface area contributed by atoms with Gasteiger partial charge in [0.05, 0.1) is 36.5 Å². The Balaban J connectivity index is 1.67. The normalized spacial score (nSPS) is 9.81. The van der Waals surface area contributed by atoms with Crippen LogP contribution in [0.5, 0.6) is 0 Å². The molecule has 0 aliphatic heterocycles. The number of hydrogen-bond acceptors (Lipinski definition) is 3. The molecule has 0 N–H and O–H groups in total. The molecule has 2 aromatic carbocycles. The van der Waals surface area contributed by atoms with Crippen LogP contribution >= 0.6 is 0 Å². The second kappa shape index (κ2) is 7.85. The highest BCUT2D eigenvalue weighted by molar-refractivity contribution is 5.32. The molecule has 0 aliphatic carbocycles. The predicted molar refractivity (Wildman–Crippen MR) is 80.5 cm³/mol. The molecular weight excluding hydrogens is 260 g/mol. The number of benzene rings is 2. The highest BCUT2D eigenvalue weighted by atomic mass is 16.5. The molecule has 0 aliphatic rings. The third-order valence-electron chi connectivity index (χ3n) is 3.24. The van der Waals surface area contributed by atoms with E-state index in [2.05, 4.69) is 12.1 Å². The summed E-state index contributed by atoms with van der Waals surface area (Å²) >= 11 is 0. The summed E-state index contributed by atoms with van der Waals surface area (Å²) in [5.74, 6) is 0. The second-order valence-electron chi connectivity index (χ2n) is 4.73. The molecule has 0 saturated heterocycles. The van der Waals surface area contributed by atoms with Crippen LogP contribution in [-0.4, -0.2) is 13.2 Å². The van der Waals surface area contributed by atoms with E-state index >= 15 is 0 Å². The van der Waals surface area contributed by atoms with Gasteiger partial charge in [0.2, 0.25) is 0 Å². The zero-order valence-corrected chi connectivity index (χ0v) is 11.7. The van der Waals surface area contributed by atoms with Crippen LogP contribution in [0, 0.1) is 22.7 Å². The van der Waals surface area contributed by atoms with Crippen molar-refractivity contribution in [2.45, 2.75) is 12.8 Å². The third kappa shape index (κ3) is 4.76. The van der Waals surface area contributed by atoms with Crippen molar-refractivity contribution in [3.05, 3.63) is 70.8 Å². The fourth-order valence-corrected chi connectivity index (χ4v) is 1.97. The minimum atomic E-state index is 0.669. The zero-order chi connectivity index (χ0) is 14.9. The molecular formula is C18H16N2O. The van der Waals surface area contributed by atoms with Gasteiger partial charge < -0.3 is 4.74 Å². The maximum Gasteiger partial charge on any atom is 0.0991 e. The molecule has 3 heteroatoms. The van der Waals surface area contributed by atoms with E-state index in [1.54, 1.807) is 0 Å². The first-order valence-corrected chi connectivity index (χ1v) is 6.87. The molecule has 0 fully saturated rings. The Morgan fingerprint density at radius 1 is 0.667 bits per heavy atom. The van der Waals surface area contributed by atoms with E-state index in [-0.39, 0.29) is 0 Å². The summed E-state index contributed by atoms with van der Waals surface area (Å²) in [7, 11) is 0. The van der Waals surface area contributed by atoms with Gasteiger partial charge in [0, 0.05) is 0 Å². The van der Waals surface area contributed by atoms with Crippen molar-refractivity contribution in [1.82, 2.24) is 0 Å². The fraction of sp³-hybridized carbons (Fsp3) is 0.222. The molecule has 2 rings (SSSR count). The first kappa shape index (κ1) is 14.8. The van der Waals surface area contributed by atoms with Crippen molar-refractivity contribution in [1.29, 1.82) is 10.5 Å². The lowest BCUT2D eigenvalue weighted by Gasteiger charge is -2.05. The van der Waals surface area contributed by atoms with E-state index < -0.39 is 0 Å². The summed E-state index contributed by atoms with van der Waals surface area (Å²) in [5, 5.41) is 17.4. The van der Waals surface area contributed by atoms with Gasteiger partial charge in [0.15, 0.2) is 0 Å². The van der Waals surface area contributed by atoms with Gasteiger partial charge in [-0.05, 0) is 48.2 Å². The van der Waals surface area contributed by atoms with Crippen molar-refractivity contribution in [3.8, 4) is 12.1 Å². The number of nitriles is 2. The fourth-order valence-electron chi connectivity index (χ4n) is 1.97. The Kier molecular flexibility index (Phi) is 5.52. The summed E-state index contributed by atoms with van der Waals surface area (Å²) in [4.78, 5) is 0. The average Bonchev–Trinajstić information content (AvgIpc) is 2.55. The van der Waals surface area contributed by atoms with Crippen molar-refractivity contribution < 1.29 is 4.74 Å². The average molecular weight is 276 g/mol. The lowest BCUT2D eigenvalue weighted by molar-refractivity contribution is 0.140. The van der Waals surface area contributed by atoms with Crippen molar-refractivity contribution in [3.63, 3.8) is 0 Å². The first-order valence-electron chi connectivity index (χ1n) is 6.87. The van der Waals surface area contributed by atoms with E-state index in [0.29, 0.717) is 24.3 Å².